The molecule has 11 nitrogen and oxygen atoms in total. The summed E-state index contributed by atoms with van der Waals surface area (Å²) >= 11 is 1.24. The molecule has 0 fully saturated rings. The Bertz CT molecular complexity index is 1560. The SMILES string of the molecule is CC(C)(O)c1ccc(C2CC(C(N)=O)=C(Nc3cccc(CN(CC(=O)NCCO)C(=O)OCc4ccccc4)n3)S2)c(F)c1. The van der Waals surface area contributed by atoms with Gasteiger partial charge in [-0.1, -0.05) is 60.3 Å². The lowest BCUT2D eigenvalue weighted by atomic mass is 9.95. The predicted molar refractivity (Wildman–Crippen MR) is 168 cm³/mol. The maximum absolute atomic E-state index is 15.1. The van der Waals surface area contributed by atoms with Crippen molar-refractivity contribution in [3.63, 3.8) is 0 Å². The average molecular weight is 638 g/mol. The maximum Gasteiger partial charge on any atom is 0.410 e. The second-order valence-corrected chi connectivity index (χ2v) is 12.1. The monoisotopic (exact) mass is 637 g/mol. The molecule has 0 saturated heterocycles. The summed E-state index contributed by atoms with van der Waals surface area (Å²) in [7, 11) is 0. The number of ether oxygens (including phenoxy) is 1. The van der Waals surface area contributed by atoms with E-state index in [1.54, 1.807) is 44.2 Å². The maximum atomic E-state index is 15.1. The smallest absolute Gasteiger partial charge is 0.410 e. The van der Waals surface area contributed by atoms with Crippen molar-refractivity contribution in [3.8, 4) is 0 Å². The fraction of sp³-hybridized carbons (Fsp3) is 0.312. The standard InChI is InChI=1S/C32H36FN5O6S/c1-32(2,43)21-11-12-23(25(33)15-21)26-16-24(29(34)41)30(45-26)37-27-10-6-9-22(36-27)17-38(18-28(40)35-13-14-39)31(42)44-19-20-7-4-3-5-8-20/h3-12,15,26,39,43H,13-14,16-19H2,1-2H3,(H2,34,41)(H,35,40)(H,36,37). The summed E-state index contributed by atoms with van der Waals surface area (Å²) in [4.78, 5) is 43.5. The van der Waals surface area contributed by atoms with Gasteiger partial charge >= 0.3 is 6.09 Å². The van der Waals surface area contributed by atoms with Crippen LogP contribution < -0.4 is 16.4 Å². The van der Waals surface area contributed by atoms with Gasteiger partial charge in [-0.2, -0.15) is 0 Å². The molecule has 238 valence electrons. The van der Waals surface area contributed by atoms with E-state index in [0.29, 0.717) is 27.7 Å². The Labute approximate surface area is 264 Å². The molecule has 6 N–H and O–H groups in total. The first-order valence-electron chi connectivity index (χ1n) is 14.2. The van der Waals surface area contributed by atoms with Crippen molar-refractivity contribution in [2.24, 2.45) is 5.73 Å². The summed E-state index contributed by atoms with van der Waals surface area (Å²) in [6, 6.07) is 18.7. The number of nitrogens with one attached hydrogen (secondary N) is 2. The summed E-state index contributed by atoms with van der Waals surface area (Å²) in [5.41, 5.74) is 6.74. The highest BCUT2D eigenvalue weighted by Gasteiger charge is 2.32. The zero-order valence-corrected chi connectivity index (χ0v) is 25.8. The summed E-state index contributed by atoms with van der Waals surface area (Å²) < 4.78 is 20.5. The number of aliphatic hydroxyl groups is 2. The van der Waals surface area contributed by atoms with Crippen LogP contribution >= 0.6 is 11.8 Å². The van der Waals surface area contributed by atoms with Gasteiger partial charge in [-0.25, -0.2) is 14.2 Å². The van der Waals surface area contributed by atoms with E-state index in [0.717, 1.165) is 5.56 Å². The van der Waals surface area contributed by atoms with Gasteiger partial charge in [-0.15, -0.1) is 0 Å². The van der Waals surface area contributed by atoms with Crippen molar-refractivity contribution in [2.75, 3.05) is 25.0 Å². The van der Waals surface area contributed by atoms with Crippen molar-refractivity contribution in [3.05, 3.63) is 106 Å². The van der Waals surface area contributed by atoms with Crippen molar-refractivity contribution < 1.29 is 33.7 Å². The highest BCUT2D eigenvalue weighted by molar-refractivity contribution is 8.03. The molecule has 4 rings (SSSR count). The largest absolute Gasteiger partial charge is 0.445 e. The molecule has 2 heterocycles. The topological polar surface area (TPSA) is 167 Å². The molecule has 13 heteroatoms. The Morgan fingerprint density at radius 2 is 1.89 bits per heavy atom. The zero-order chi connectivity index (χ0) is 32.6. The number of aromatic nitrogens is 1. The van der Waals surface area contributed by atoms with Crippen LogP contribution in [-0.2, 0) is 33.1 Å². The highest BCUT2D eigenvalue weighted by Crippen LogP contribution is 2.48. The first-order chi connectivity index (χ1) is 21.4. The van der Waals surface area contributed by atoms with Crippen molar-refractivity contribution in [1.29, 1.82) is 0 Å². The van der Waals surface area contributed by atoms with Crippen LogP contribution in [0.1, 0.15) is 47.9 Å². The molecule has 1 atom stereocenters. The minimum atomic E-state index is -1.21. The van der Waals surface area contributed by atoms with E-state index in [1.807, 2.05) is 30.3 Å². The lowest BCUT2D eigenvalue weighted by Crippen LogP contribution is -2.41. The van der Waals surface area contributed by atoms with Gasteiger partial charge in [0.15, 0.2) is 0 Å². The number of pyridine rings is 1. The number of nitrogens with zero attached hydrogens (tertiary/aromatic N) is 2. The number of benzene rings is 2. The molecule has 0 radical (unpaired) electrons. The molecular formula is C32H36FN5O6S. The molecule has 0 aliphatic carbocycles. The van der Waals surface area contributed by atoms with Gasteiger partial charge in [0.25, 0.3) is 0 Å². The van der Waals surface area contributed by atoms with E-state index in [-0.39, 0.29) is 44.8 Å². The third kappa shape index (κ3) is 9.27. The molecule has 3 aromatic rings. The highest BCUT2D eigenvalue weighted by atomic mass is 32.2. The Morgan fingerprint density at radius 1 is 1.13 bits per heavy atom. The van der Waals surface area contributed by atoms with Crippen LogP contribution in [0.5, 0.6) is 0 Å². The van der Waals surface area contributed by atoms with Crippen LogP contribution in [-0.4, -0.2) is 57.7 Å². The molecule has 45 heavy (non-hydrogen) atoms. The molecule has 0 saturated carbocycles. The fourth-order valence-electron chi connectivity index (χ4n) is 4.56. The fourth-order valence-corrected chi connectivity index (χ4v) is 5.90. The number of rotatable bonds is 13. The second-order valence-electron chi connectivity index (χ2n) is 10.9. The summed E-state index contributed by atoms with van der Waals surface area (Å²) in [5.74, 6) is -1.30. The molecule has 0 spiro atoms. The predicted octanol–water partition coefficient (Wildman–Crippen LogP) is 3.68. The number of amides is 3. The lowest BCUT2D eigenvalue weighted by Gasteiger charge is -2.22. The number of hydrogen-bond acceptors (Lipinski definition) is 9. The van der Waals surface area contributed by atoms with Crippen LogP contribution in [0.4, 0.5) is 15.0 Å². The van der Waals surface area contributed by atoms with E-state index < -0.39 is 34.6 Å². The van der Waals surface area contributed by atoms with Gasteiger partial charge in [0.1, 0.15) is 24.8 Å². The third-order valence-corrected chi connectivity index (χ3v) is 8.20. The molecule has 1 aliphatic heterocycles. The number of thioether (sulfide) groups is 1. The van der Waals surface area contributed by atoms with E-state index >= 15 is 4.39 Å². The number of aliphatic hydroxyl groups excluding tert-OH is 1. The summed E-state index contributed by atoms with van der Waals surface area (Å²) in [6.07, 6.45) is -0.547. The van der Waals surface area contributed by atoms with Crippen LogP contribution in [0.15, 0.2) is 77.3 Å². The third-order valence-electron chi connectivity index (χ3n) is 6.91. The number of primary amides is 1. The number of carbonyl (C=O) groups excluding carboxylic acids is 3. The first kappa shape index (κ1) is 33.4. The van der Waals surface area contributed by atoms with Gasteiger partial charge in [-0.05, 0) is 49.6 Å². The van der Waals surface area contributed by atoms with Gasteiger partial charge in [0, 0.05) is 22.9 Å². The van der Waals surface area contributed by atoms with Crippen molar-refractivity contribution >= 4 is 35.5 Å². The number of hydrogen-bond donors (Lipinski definition) is 5. The molecule has 3 amide bonds. The van der Waals surface area contributed by atoms with E-state index in [1.165, 1.54) is 22.7 Å². The van der Waals surface area contributed by atoms with Crippen LogP contribution in [0.25, 0.3) is 0 Å². The van der Waals surface area contributed by atoms with E-state index in [4.69, 9.17) is 15.6 Å². The van der Waals surface area contributed by atoms with E-state index in [9.17, 15) is 19.5 Å². The van der Waals surface area contributed by atoms with Crippen molar-refractivity contribution in [2.45, 2.75) is 44.3 Å². The van der Waals surface area contributed by atoms with Crippen LogP contribution in [0, 0.1) is 5.82 Å². The number of anilines is 1. The molecular weight excluding hydrogens is 601 g/mol. The Kier molecular flexibility index (Phi) is 11.2. The average Bonchev–Trinajstić information content (AvgIpc) is 3.42. The molecule has 0 bridgehead atoms. The Balaban J connectivity index is 1.49. The second kappa shape index (κ2) is 15.0. The van der Waals surface area contributed by atoms with Gasteiger partial charge in [0.05, 0.1) is 29.5 Å². The summed E-state index contributed by atoms with van der Waals surface area (Å²) in [5, 5.41) is 24.9. The van der Waals surface area contributed by atoms with Gasteiger partial charge in [-0.3, -0.25) is 14.5 Å². The van der Waals surface area contributed by atoms with Gasteiger partial charge < -0.3 is 31.3 Å². The van der Waals surface area contributed by atoms with Gasteiger partial charge in [0.2, 0.25) is 11.8 Å². The van der Waals surface area contributed by atoms with E-state index in [2.05, 4.69) is 15.6 Å². The lowest BCUT2D eigenvalue weighted by molar-refractivity contribution is -0.122. The van der Waals surface area contributed by atoms with Crippen LogP contribution in [0.3, 0.4) is 0 Å². The molecule has 2 aromatic carbocycles. The quantitative estimate of drug-likeness (QED) is 0.188. The molecule has 1 unspecified atom stereocenters. The number of halogens is 1. The minimum absolute atomic E-state index is 0.00692. The number of carbonyl (C=O) groups is 3. The Hall–Kier alpha value is -4.46. The normalized spacial score (nSPS) is 14.6. The minimum Gasteiger partial charge on any atom is -0.445 e. The van der Waals surface area contributed by atoms with Crippen LogP contribution in [0.2, 0.25) is 0 Å². The Morgan fingerprint density at radius 3 is 2.56 bits per heavy atom. The van der Waals surface area contributed by atoms with Crippen molar-refractivity contribution in [1.82, 2.24) is 15.2 Å². The number of nitrogens with two attached hydrogens (primary N) is 1. The zero-order valence-electron chi connectivity index (χ0n) is 25.0. The first-order valence-corrected chi connectivity index (χ1v) is 15.1. The summed E-state index contributed by atoms with van der Waals surface area (Å²) in [6.45, 7) is 2.52. The molecule has 1 aliphatic rings. The molecule has 1 aromatic heterocycles.